The van der Waals surface area contributed by atoms with Gasteiger partial charge in [-0.3, -0.25) is 4.79 Å². The minimum absolute atomic E-state index is 0. The summed E-state index contributed by atoms with van der Waals surface area (Å²) in [6, 6.07) is 9.24. The van der Waals surface area contributed by atoms with Gasteiger partial charge in [0.15, 0.2) is 0 Å². The van der Waals surface area contributed by atoms with Crippen LogP contribution < -0.4 is 0 Å². The summed E-state index contributed by atoms with van der Waals surface area (Å²) >= 11 is 0. The second-order valence-electron chi connectivity index (χ2n) is 11.4. The number of hydrogen-bond acceptors (Lipinski definition) is 3. The molecule has 2 aliphatic rings. The molecule has 0 atom stereocenters. The molecule has 0 radical (unpaired) electrons. The molecule has 5 rings (SSSR count). The Morgan fingerprint density at radius 3 is 0.867 bits per heavy atom. The third kappa shape index (κ3) is 7.05. The molecule has 3 N–H and O–H groups in total. The van der Waals surface area contributed by atoms with Crippen molar-refractivity contribution in [1.29, 1.82) is 0 Å². The number of aromatic amines is 2. The second-order valence-corrected chi connectivity index (χ2v) is 11.4. The van der Waals surface area contributed by atoms with E-state index in [9.17, 15) is 0 Å². The van der Waals surface area contributed by atoms with Crippen molar-refractivity contribution in [3.05, 3.63) is 69.3 Å². The van der Waals surface area contributed by atoms with E-state index in [2.05, 4.69) is 89.6 Å². The molecule has 0 spiro atoms. The van der Waals surface area contributed by atoms with E-state index in [1.54, 1.807) is 0 Å². The fourth-order valence-corrected chi connectivity index (χ4v) is 7.10. The molecule has 8 bridgehead atoms. The number of aliphatic carboxylic acids is 1. The van der Waals surface area contributed by atoms with Gasteiger partial charge < -0.3 is 15.1 Å². The van der Waals surface area contributed by atoms with E-state index in [0.717, 1.165) is 81.1 Å². The molecule has 242 valence electrons. The van der Waals surface area contributed by atoms with Crippen molar-refractivity contribution in [3.63, 3.8) is 0 Å². The van der Waals surface area contributed by atoms with Gasteiger partial charge in [0.2, 0.25) is 0 Å². The minimum atomic E-state index is -0.833. The number of aromatic nitrogens is 4. The quantitative estimate of drug-likeness (QED) is 0.212. The summed E-state index contributed by atoms with van der Waals surface area (Å²) in [5, 5.41) is 7.42. The van der Waals surface area contributed by atoms with E-state index in [-0.39, 0.29) is 17.1 Å². The van der Waals surface area contributed by atoms with Crippen LogP contribution in [0.1, 0.15) is 133 Å². The zero-order valence-corrected chi connectivity index (χ0v) is 29.7. The summed E-state index contributed by atoms with van der Waals surface area (Å²) in [5.74, 6) is -0.833. The molecule has 0 saturated heterocycles. The predicted octanol–water partition coefficient (Wildman–Crippen LogP) is 10.1. The number of carboxylic acids is 1. The fraction of sp³-hybridized carbons (Fsp3) is 0.447. The molecule has 7 heteroatoms. The normalized spacial score (nSPS) is 12.6. The summed E-state index contributed by atoms with van der Waals surface area (Å²) < 4.78 is 0. The Hall–Kier alpha value is -3.41. The van der Waals surface area contributed by atoms with Crippen LogP contribution >= 0.6 is 0 Å². The maximum absolute atomic E-state index is 9.00. The van der Waals surface area contributed by atoms with Crippen molar-refractivity contribution in [2.45, 2.75) is 114 Å². The number of aryl methyl sites for hydroxylation is 4. The number of fused-ring (bicyclic) bond motifs is 8. The van der Waals surface area contributed by atoms with Crippen molar-refractivity contribution in [2.75, 3.05) is 0 Å². The summed E-state index contributed by atoms with van der Waals surface area (Å²) in [6.45, 7) is 19.2. The van der Waals surface area contributed by atoms with Gasteiger partial charge in [0, 0.05) is 46.1 Å². The maximum Gasteiger partial charge on any atom is 0.300 e. The van der Waals surface area contributed by atoms with Gasteiger partial charge in [-0.2, -0.15) is 0 Å². The van der Waals surface area contributed by atoms with Crippen LogP contribution in [-0.4, -0.2) is 31.0 Å². The van der Waals surface area contributed by atoms with Crippen LogP contribution in [-0.2, 0) is 47.5 Å². The van der Waals surface area contributed by atoms with Gasteiger partial charge >= 0.3 is 0 Å². The molecular weight excluding hydrogens is 600 g/mol. The summed E-state index contributed by atoms with van der Waals surface area (Å²) in [7, 11) is 0. The Bertz CT molecular complexity index is 1550. The third-order valence-electron chi connectivity index (χ3n) is 8.97. The van der Waals surface area contributed by atoms with E-state index in [1.165, 1.54) is 66.6 Å². The maximum atomic E-state index is 9.00. The van der Waals surface area contributed by atoms with Crippen LogP contribution in [0.3, 0.4) is 0 Å². The number of carbonyl (C=O) groups is 1. The number of allylic oxidation sites excluding steroid dienone is 4. The molecule has 0 fully saturated rings. The standard InChI is InChI=1S/C36H46N4.C2H4O2.Fe/c1-9-21-22(10-2)30-18-32-25(13-5)26(14-6)34(39-32)20-36-28(16-8)27(15-7)35(40-36)19-33-24(12-4)23(11-3)31(38-33)17-29(21)37-30;1-2(3)4;/h17-20,37,40H,9-16H2,1-8H3;1H3,(H,3,4);. The minimum Gasteiger partial charge on any atom is -0.481 e. The number of carboxylic acid groups (broad SMARTS) is 1. The van der Waals surface area contributed by atoms with Gasteiger partial charge in [0.05, 0.1) is 22.8 Å². The number of H-pyrrole nitrogens is 2. The largest absolute Gasteiger partial charge is 0.481 e. The molecule has 0 aliphatic carbocycles. The van der Waals surface area contributed by atoms with Gasteiger partial charge in [0.1, 0.15) is 0 Å². The van der Waals surface area contributed by atoms with Crippen molar-refractivity contribution in [1.82, 2.24) is 19.9 Å². The number of rotatable bonds is 8. The second kappa shape index (κ2) is 15.7. The summed E-state index contributed by atoms with van der Waals surface area (Å²) in [4.78, 5) is 27.2. The van der Waals surface area contributed by atoms with Crippen LogP contribution in [0.25, 0.3) is 44.4 Å². The number of nitrogens with zero attached hydrogens (tertiary/aromatic N) is 2. The first-order valence-electron chi connectivity index (χ1n) is 16.6. The molecular formula is C38H50FeN4O2. The first kappa shape index (κ1) is 36.1. The summed E-state index contributed by atoms with van der Waals surface area (Å²) in [5.41, 5.74) is 20.2. The van der Waals surface area contributed by atoms with E-state index in [1.807, 2.05) is 0 Å². The van der Waals surface area contributed by atoms with E-state index in [0.29, 0.717) is 0 Å². The van der Waals surface area contributed by atoms with Crippen molar-refractivity contribution >= 4 is 50.3 Å². The molecule has 3 aromatic heterocycles. The average molecular weight is 651 g/mol. The summed E-state index contributed by atoms with van der Waals surface area (Å²) in [6.07, 6.45) is 7.84. The van der Waals surface area contributed by atoms with Gasteiger partial charge in [0.25, 0.3) is 5.97 Å². The molecule has 6 nitrogen and oxygen atoms in total. The molecule has 3 aromatic rings. The Kier molecular flexibility index (Phi) is 12.6. The van der Waals surface area contributed by atoms with Crippen LogP contribution in [0.5, 0.6) is 0 Å². The number of nitrogens with one attached hydrogen (secondary N) is 2. The molecule has 2 aliphatic heterocycles. The topological polar surface area (TPSA) is 94.7 Å². The monoisotopic (exact) mass is 650 g/mol. The van der Waals surface area contributed by atoms with Crippen molar-refractivity contribution in [3.8, 4) is 0 Å². The van der Waals surface area contributed by atoms with Crippen LogP contribution in [0.15, 0.2) is 24.3 Å². The molecule has 0 unspecified atom stereocenters. The first-order valence-corrected chi connectivity index (χ1v) is 16.6. The van der Waals surface area contributed by atoms with Crippen LogP contribution in [0.2, 0.25) is 0 Å². The van der Waals surface area contributed by atoms with Gasteiger partial charge in [-0.1, -0.05) is 55.4 Å². The molecule has 45 heavy (non-hydrogen) atoms. The zero-order valence-electron chi connectivity index (χ0n) is 28.6. The van der Waals surface area contributed by atoms with Gasteiger partial charge in [-0.05, 0) is 120 Å². The molecule has 0 saturated carbocycles. The Labute approximate surface area is 279 Å². The van der Waals surface area contributed by atoms with Crippen molar-refractivity contribution < 1.29 is 27.0 Å². The van der Waals surface area contributed by atoms with Gasteiger partial charge in [-0.15, -0.1) is 0 Å². The Morgan fingerprint density at radius 1 is 0.511 bits per heavy atom. The fourth-order valence-electron chi connectivity index (χ4n) is 7.10. The van der Waals surface area contributed by atoms with E-state index < -0.39 is 5.97 Å². The Balaban J connectivity index is 0.00000104. The smallest absolute Gasteiger partial charge is 0.300 e. The third-order valence-corrected chi connectivity index (χ3v) is 8.97. The van der Waals surface area contributed by atoms with E-state index in [4.69, 9.17) is 19.9 Å². The van der Waals surface area contributed by atoms with Crippen LogP contribution in [0, 0.1) is 0 Å². The molecule has 0 amide bonds. The zero-order chi connectivity index (χ0) is 32.1. The predicted molar refractivity (Wildman–Crippen MR) is 187 cm³/mol. The number of hydrogen-bond donors (Lipinski definition) is 3. The molecule has 5 heterocycles. The average Bonchev–Trinajstić information content (AvgIpc) is 3.71. The SMILES string of the molecule is CC(=O)O.CCC1=C(CC)c2cc3[nH]c(cc4nc(cc5[nH]c(cc1n2)c(CC)c5CC)C(CC)=C4CC)c(CC)c3CC.[Fe]. The van der Waals surface area contributed by atoms with Crippen LogP contribution in [0.4, 0.5) is 0 Å². The Morgan fingerprint density at radius 2 is 0.711 bits per heavy atom. The first-order chi connectivity index (χ1) is 21.2. The van der Waals surface area contributed by atoms with Crippen molar-refractivity contribution in [2.24, 2.45) is 0 Å². The van der Waals surface area contributed by atoms with Gasteiger partial charge in [-0.25, -0.2) is 9.97 Å². The van der Waals surface area contributed by atoms with E-state index >= 15 is 0 Å². The molecule has 0 aromatic carbocycles.